The fourth-order valence-electron chi connectivity index (χ4n) is 5.63. The van der Waals surface area contributed by atoms with Gasteiger partial charge in [-0.1, -0.05) is 78.9 Å². The van der Waals surface area contributed by atoms with E-state index in [4.69, 9.17) is 9.72 Å². The standard InChI is InChI=1S/C34H23N3O/c1-3-16-30-28(14-1)29-15-2-4-17-31(29)34(30,32-18-5-6-19-35-32)25-11-8-13-27(23-25)38-26-12-7-10-24(22-26)33-36-20-9-21-37-33/h1-23H. The van der Waals surface area contributed by atoms with Crippen LogP contribution >= 0.6 is 0 Å². The van der Waals surface area contributed by atoms with E-state index < -0.39 is 5.41 Å². The Hall–Kier alpha value is -5.09. The molecule has 0 saturated heterocycles. The second-order valence-electron chi connectivity index (χ2n) is 9.29. The third kappa shape index (κ3) is 3.50. The molecule has 38 heavy (non-hydrogen) atoms. The molecular formula is C34H23N3O. The molecule has 4 heteroatoms. The van der Waals surface area contributed by atoms with E-state index in [9.17, 15) is 0 Å². The van der Waals surface area contributed by atoms with Crippen molar-refractivity contribution < 1.29 is 4.74 Å². The van der Waals surface area contributed by atoms with Crippen LogP contribution in [0, 0.1) is 0 Å². The fourth-order valence-corrected chi connectivity index (χ4v) is 5.63. The van der Waals surface area contributed by atoms with E-state index in [1.807, 2.05) is 48.7 Å². The van der Waals surface area contributed by atoms with E-state index >= 15 is 0 Å². The van der Waals surface area contributed by atoms with Gasteiger partial charge in [-0.05, 0) is 70.3 Å². The van der Waals surface area contributed by atoms with Gasteiger partial charge in [0.15, 0.2) is 5.82 Å². The van der Waals surface area contributed by atoms with Crippen molar-refractivity contribution in [3.63, 3.8) is 0 Å². The molecule has 0 bridgehead atoms. The summed E-state index contributed by atoms with van der Waals surface area (Å²) in [5.74, 6) is 2.15. The molecule has 0 spiro atoms. The minimum absolute atomic E-state index is 0.562. The second-order valence-corrected chi connectivity index (χ2v) is 9.29. The van der Waals surface area contributed by atoms with Crippen LogP contribution in [-0.4, -0.2) is 15.0 Å². The molecular weight excluding hydrogens is 466 g/mol. The minimum Gasteiger partial charge on any atom is -0.457 e. The Labute approximate surface area is 221 Å². The zero-order chi connectivity index (χ0) is 25.4. The third-order valence-electron chi connectivity index (χ3n) is 7.16. The number of hydrogen-bond donors (Lipinski definition) is 0. The lowest BCUT2D eigenvalue weighted by atomic mass is 9.70. The molecule has 0 fully saturated rings. The van der Waals surface area contributed by atoms with Crippen molar-refractivity contribution in [1.29, 1.82) is 0 Å². The molecule has 0 saturated carbocycles. The number of ether oxygens (including phenoxy) is 1. The SMILES string of the molecule is c1ccc(C2(c3cccc(Oc4cccc(-c5ncccn5)c4)c3)c3ccccc3-c3ccccc32)nc1. The summed E-state index contributed by atoms with van der Waals surface area (Å²) >= 11 is 0. The van der Waals surface area contributed by atoms with Crippen LogP contribution < -0.4 is 4.74 Å². The molecule has 0 N–H and O–H groups in total. The molecule has 6 aromatic rings. The van der Waals surface area contributed by atoms with E-state index in [1.165, 1.54) is 22.3 Å². The summed E-state index contributed by atoms with van der Waals surface area (Å²) in [4.78, 5) is 13.7. The van der Waals surface area contributed by atoms with Crippen LogP contribution in [-0.2, 0) is 5.41 Å². The van der Waals surface area contributed by atoms with E-state index in [0.29, 0.717) is 5.82 Å². The molecule has 0 unspecified atom stereocenters. The fraction of sp³-hybridized carbons (Fsp3) is 0.0294. The number of aromatic nitrogens is 3. The average Bonchev–Trinajstić information content (AvgIpc) is 3.30. The average molecular weight is 490 g/mol. The van der Waals surface area contributed by atoms with Gasteiger partial charge in [-0.3, -0.25) is 4.98 Å². The highest BCUT2D eigenvalue weighted by Crippen LogP contribution is 2.55. The Morgan fingerprint density at radius 2 is 1.13 bits per heavy atom. The molecule has 2 aromatic heterocycles. The zero-order valence-electron chi connectivity index (χ0n) is 20.5. The topological polar surface area (TPSA) is 47.9 Å². The zero-order valence-corrected chi connectivity index (χ0v) is 20.5. The first-order valence-corrected chi connectivity index (χ1v) is 12.6. The van der Waals surface area contributed by atoms with Gasteiger partial charge in [-0.15, -0.1) is 0 Å². The first-order valence-electron chi connectivity index (χ1n) is 12.6. The summed E-state index contributed by atoms with van der Waals surface area (Å²) < 4.78 is 6.42. The second kappa shape index (κ2) is 9.09. The molecule has 2 heterocycles. The summed E-state index contributed by atoms with van der Waals surface area (Å²) in [7, 11) is 0. The van der Waals surface area contributed by atoms with Gasteiger partial charge in [0.2, 0.25) is 0 Å². The van der Waals surface area contributed by atoms with Gasteiger partial charge in [-0.25, -0.2) is 9.97 Å². The summed E-state index contributed by atoms with van der Waals surface area (Å²) in [6.45, 7) is 0. The number of fused-ring (bicyclic) bond motifs is 3. The van der Waals surface area contributed by atoms with Gasteiger partial charge in [0, 0.05) is 24.2 Å². The van der Waals surface area contributed by atoms with Gasteiger partial charge in [0.05, 0.1) is 11.1 Å². The maximum Gasteiger partial charge on any atom is 0.159 e. The van der Waals surface area contributed by atoms with Crippen LogP contribution in [0.3, 0.4) is 0 Å². The van der Waals surface area contributed by atoms with Gasteiger partial charge < -0.3 is 4.74 Å². The number of benzene rings is 4. The first-order chi connectivity index (χ1) is 18.8. The lowest BCUT2D eigenvalue weighted by Gasteiger charge is -2.32. The molecule has 0 atom stereocenters. The molecule has 4 nitrogen and oxygen atoms in total. The summed E-state index contributed by atoms with van der Waals surface area (Å²) in [6.07, 6.45) is 5.36. The number of nitrogens with zero attached hydrogens (tertiary/aromatic N) is 3. The maximum atomic E-state index is 6.42. The van der Waals surface area contributed by atoms with Crippen LogP contribution in [0.4, 0.5) is 0 Å². The molecule has 180 valence electrons. The van der Waals surface area contributed by atoms with Crippen molar-refractivity contribution in [1.82, 2.24) is 15.0 Å². The van der Waals surface area contributed by atoms with E-state index in [0.717, 1.165) is 28.3 Å². The number of rotatable bonds is 5. The van der Waals surface area contributed by atoms with E-state index in [1.54, 1.807) is 12.4 Å². The molecule has 1 aliphatic rings. The number of hydrogen-bond acceptors (Lipinski definition) is 4. The van der Waals surface area contributed by atoms with Gasteiger partial charge >= 0.3 is 0 Å². The Kier molecular flexibility index (Phi) is 5.30. The largest absolute Gasteiger partial charge is 0.457 e. The van der Waals surface area contributed by atoms with E-state index in [2.05, 4.69) is 88.8 Å². The Morgan fingerprint density at radius 1 is 0.500 bits per heavy atom. The number of pyridine rings is 1. The van der Waals surface area contributed by atoms with Crippen molar-refractivity contribution in [3.05, 3.63) is 162 Å². The predicted molar refractivity (Wildman–Crippen MR) is 149 cm³/mol. The first kappa shape index (κ1) is 22.1. The van der Waals surface area contributed by atoms with Gasteiger partial charge in [0.1, 0.15) is 11.5 Å². The lowest BCUT2D eigenvalue weighted by Crippen LogP contribution is -2.29. The van der Waals surface area contributed by atoms with Crippen LogP contribution in [0.25, 0.3) is 22.5 Å². The molecule has 7 rings (SSSR count). The van der Waals surface area contributed by atoms with Crippen molar-refractivity contribution in [3.8, 4) is 34.0 Å². The van der Waals surface area contributed by atoms with Crippen LogP contribution in [0.1, 0.15) is 22.4 Å². The van der Waals surface area contributed by atoms with Gasteiger partial charge in [0.25, 0.3) is 0 Å². The third-order valence-corrected chi connectivity index (χ3v) is 7.16. The Balaban J connectivity index is 1.38. The molecule has 4 aromatic carbocycles. The highest BCUT2D eigenvalue weighted by atomic mass is 16.5. The van der Waals surface area contributed by atoms with Crippen molar-refractivity contribution in [2.45, 2.75) is 5.41 Å². The van der Waals surface area contributed by atoms with Crippen molar-refractivity contribution in [2.75, 3.05) is 0 Å². The highest BCUT2D eigenvalue weighted by Gasteiger charge is 2.47. The Bertz CT molecular complexity index is 1700. The van der Waals surface area contributed by atoms with Crippen LogP contribution in [0.15, 0.2) is 140 Å². The summed E-state index contributed by atoms with van der Waals surface area (Å²) in [5.41, 5.74) is 7.34. The molecule has 0 radical (unpaired) electrons. The normalized spacial score (nSPS) is 12.9. The maximum absolute atomic E-state index is 6.42. The van der Waals surface area contributed by atoms with E-state index in [-0.39, 0.29) is 0 Å². The monoisotopic (exact) mass is 489 g/mol. The quantitative estimate of drug-likeness (QED) is 0.249. The smallest absolute Gasteiger partial charge is 0.159 e. The summed E-state index contributed by atoms with van der Waals surface area (Å²) in [5, 5.41) is 0. The van der Waals surface area contributed by atoms with Crippen molar-refractivity contribution >= 4 is 0 Å². The molecule has 0 amide bonds. The lowest BCUT2D eigenvalue weighted by molar-refractivity contribution is 0.481. The van der Waals surface area contributed by atoms with Crippen LogP contribution in [0.5, 0.6) is 11.5 Å². The Morgan fingerprint density at radius 3 is 1.84 bits per heavy atom. The van der Waals surface area contributed by atoms with Gasteiger partial charge in [-0.2, -0.15) is 0 Å². The predicted octanol–water partition coefficient (Wildman–Crippen LogP) is 7.69. The van der Waals surface area contributed by atoms with Crippen LogP contribution in [0.2, 0.25) is 0 Å². The molecule has 0 aliphatic heterocycles. The summed E-state index contributed by atoms with van der Waals surface area (Å²) in [6, 6.07) is 41.5. The van der Waals surface area contributed by atoms with Crippen molar-refractivity contribution in [2.24, 2.45) is 0 Å². The molecule has 1 aliphatic carbocycles. The minimum atomic E-state index is -0.562. The highest BCUT2D eigenvalue weighted by molar-refractivity contribution is 5.85.